The summed E-state index contributed by atoms with van der Waals surface area (Å²) in [5.74, 6) is 0. The van der Waals surface area contributed by atoms with E-state index in [1.165, 1.54) is 41.4 Å². The number of nitrogens with two attached hydrogens (primary N) is 1. The molecule has 0 unspecified atom stereocenters. The van der Waals surface area contributed by atoms with Crippen LogP contribution in [0.1, 0.15) is 24.1 Å². The van der Waals surface area contributed by atoms with Gasteiger partial charge in [-0.1, -0.05) is 6.07 Å². The highest BCUT2D eigenvalue weighted by Crippen LogP contribution is 2.33. The van der Waals surface area contributed by atoms with E-state index in [2.05, 4.69) is 23.6 Å². The predicted molar refractivity (Wildman–Crippen MR) is 64.0 cm³/mol. The Kier molecular flexibility index (Phi) is 1.78. The van der Waals surface area contributed by atoms with Gasteiger partial charge in [0.05, 0.1) is 5.52 Å². The van der Waals surface area contributed by atoms with Crippen molar-refractivity contribution in [2.24, 2.45) is 0 Å². The number of nitrogen functional groups attached to an aromatic ring is 1. The lowest BCUT2D eigenvalue weighted by molar-refractivity contribution is 0.542. The minimum atomic E-state index is 0.923. The Labute approximate surface area is 89.7 Å². The lowest BCUT2D eigenvalue weighted by Gasteiger charge is -2.16. The van der Waals surface area contributed by atoms with Crippen LogP contribution in [0.4, 0.5) is 5.69 Å². The Balaban J connectivity index is 2.44. The van der Waals surface area contributed by atoms with Crippen LogP contribution in [0.3, 0.4) is 0 Å². The van der Waals surface area contributed by atoms with Crippen molar-refractivity contribution in [3.8, 4) is 0 Å². The molecule has 2 N–H and O–H groups in total. The van der Waals surface area contributed by atoms with Crippen molar-refractivity contribution in [1.29, 1.82) is 0 Å². The number of fused-ring (bicyclic) bond motifs is 3. The van der Waals surface area contributed by atoms with Crippen LogP contribution >= 0.6 is 0 Å². The summed E-state index contributed by atoms with van der Waals surface area (Å²) in [6.07, 6.45) is 3.82. The van der Waals surface area contributed by atoms with Gasteiger partial charge < -0.3 is 10.3 Å². The fourth-order valence-electron chi connectivity index (χ4n) is 2.82. The number of anilines is 1. The highest BCUT2D eigenvalue weighted by atomic mass is 15.0. The molecule has 0 saturated heterocycles. The smallest absolute Gasteiger partial charge is 0.0506 e. The molecule has 2 heteroatoms. The van der Waals surface area contributed by atoms with E-state index in [0.717, 1.165) is 12.2 Å². The van der Waals surface area contributed by atoms with Gasteiger partial charge in [-0.05, 0) is 43.9 Å². The van der Waals surface area contributed by atoms with Crippen LogP contribution in [0.2, 0.25) is 0 Å². The first-order valence-electron chi connectivity index (χ1n) is 5.65. The Morgan fingerprint density at radius 1 is 1.27 bits per heavy atom. The highest BCUT2D eigenvalue weighted by molar-refractivity contribution is 5.95. The van der Waals surface area contributed by atoms with Crippen LogP contribution < -0.4 is 5.73 Å². The Morgan fingerprint density at radius 2 is 2.13 bits per heavy atom. The van der Waals surface area contributed by atoms with Crippen LogP contribution in [0.15, 0.2) is 18.2 Å². The average Bonchev–Trinajstić information content (AvgIpc) is 2.55. The zero-order valence-electron chi connectivity index (χ0n) is 9.09. The second-order valence-corrected chi connectivity index (χ2v) is 4.42. The molecule has 0 fully saturated rings. The monoisotopic (exact) mass is 200 g/mol. The minimum absolute atomic E-state index is 0.923. The fraction of sp³-hybridized carbons (Fsp3) is 0.385. The molecule has 1 aromatic carbocycles. The van der Waals surface area contributed by atoms with Gasteiger partial charge >= 0.3 is 0 Å². The van der Waals surface area contributed by atoms with Crippen LogP contribution in [0, 0.1) is 6.92 Å². The average molecular weight is 200 g/mol. The first-order chi connectivity index (χ1) is 7.29. The molecule has 1 aliphatic rings. The summed E-state index contributed by atoms with van der Waals surface area (Å²) in [4.78, 5) is 0. The van der Waals surface area contributed by atoms with Crippen molar-refractivity contribution in [3.05, 3.63) is 29.5 Å². The third-order valence-corrected chi connectivity index (χ3v) is 3.54. The Bertz CT molecular complexity index is 523. The maximum atomic E-state index is 6.06. The van der Waals surface area contributed by atoms with E-state index in [4.69, 9.17) is 5.73 Å². The van der Waals surface area contributed by atoms with Gasteiger partial charge in [0.1, 0.15) is 0 Å². The fourth-order valence-corrected chi connectivity index (χ4v) is 2.82. The van der Waals surface area contributed by atoms with E-state index in [1.807, 2.05) is 6.07 Å². The molecule has 0 atom stereocenters. The van der Waals surface area contributed by atoms with E-state index in [0.29, 0.717) is 0 Å². The number of nitrogens with zero attached hydrogens (tertiary/aromatic N) is 1. The van der Waals surface area contributed by atoms with Crippen molar-refractivity contribution >= 4 is 16.6 Å². The number of aryl methyl sites for hydroxylation is 2. The number of hydrogen-bond donors (Lipinski definition) is 1. The lowest BCUT2D eigenvalue weighted by Crippen LogP contribution is -2.09. The molecule has 2 nitrogen and oxygen atoms in total. The van der Waals surface area contributed by atoms with Crippen molar-refractivity contribution in [1.82, 2.24) is 4.57 Å². The minimum Gasteiger partial charge on any atom is -0.398 e. The first kappa shape index (κ1) is 8.84. The molecule has 78 valence electrons. The quantitative estimate of drug-likeness (QED) is 0.651. The maximum absolute atomic E-state index is 6.06. The maximum Gasteiger partial charge on any atom is 0.0506 e. The summed E-state index contributed by atoms with van der Waals surface area (Å²) in [6.45, 7) is 3.36. The third kappa shape index (κ3) is 1.11. The molecule has 0 spiro atoms. The molecule has 0 aliphatic carbocycles. The summed E-state index contributed by atoms with van der Waals surface area (Å²) >= 11 is 0. The molecule has 0 saturated carbocycles. The molecule has 15 heavy (non-hydrogen) atoms. The van der Waals surface area contributed by atoms with E-state index in [1.54, 1.807) is 0 Å². The second-order valence-electron chi connectivity index (χ2n) is 4.42. The number of benzene rings is 1. The summed E-state index contributed by atoms with van der Waals surface area (Å²) in [6, 6.07) is 6.24. The van der Waals surface area contributed by atoms with Gasteiger partial charge in [-0.25, -0.2) is 0 Å². The van der Waals surface area contributed by atoms with Crippen LogP contribution in [-0.2, 0) is 13.0 Å². The van der Waals surface area contributed by atoms with Gasteiger partial charge in [0.25, 0.3) is 0 Å². The van der Waals surface area contributed by atoms with Gasteiger partial charge in [0.2, 0.25) is 0 Å². The van der Waals surface area contributed by atoms with Crippen molar-refractivity contribution in [2.75, 3.05) is 5.73 Å². The van der Waals surface area contributed by atoms with Crippen molar-refractivity contribution in [2.45, 2.75) is 32.7 Å². The van der Waals surface area contributed by atoms with Gasteiger partial charge in [0, 0.05) is 23.3 Å². The zero-order chi connectivity index (χ0) is 10.4. The molecular weight excluding hydrogens is 184 g/mol. The predicted octanol–water partition coefficient (Wildman–Crippen LogP) is 2.87. The van der Waals surface area contributed by atoms with Gasteiger partial charge in [-0.3, -0.25) is 0 Å². The number of aromatic nitrogens is 1. The molecule has 1 aromatic heterocycles. The second kappa shape index (κ2) is 3.02. The lowest BCUT2D eigenvalue weighted by atomic mass is 10.1. The molecule has 2 heterocycles. The Morgan fingerprint density at radius 3 is 3.00 bits per heavy atom. The summed E-state index contributed by atoms with van der Waals surface area (Å²) in [5, 5.41) is 1.27. The largest absolute Gasteiger partial charge is 0.398 e. The number of rotatable bonds is 0. The highest BCUT2D eigenvalue weighted by Gasteiger charge is 2.17. The molecule has 0 bridgehead atoms. The first-order valence-corrected chi connectivity index (χ1v) is 5.65. The van der Waals surface area contributed by atoms with E-state index in [9.17, 15) is 0 Å². The normalized spacial score (nSPS) is 15.5. The van der Waals surface area contributed by atoms with Crippen LogP contribution in [0.25, 0.3) is 10.9 Å². The van der Waals surface area contributed by atoms with Crippen molar-refractivity contribution < 1.29 is 0 Å². The van der Waals surface area contributed by atoms with E-state index < -0.39 is 0 Å². The third-order valence-electron chi connectivity index (χ3n) is 3.54. The number of hydrogen-bond acceptors (Lipinski definition) is 1. The van der Waals surface area contributed by atoms with Crippen LogP contribution in [0.5, 0.6) is 0 Å². The molecule has 0 radical (unpaired) electrons. The molecule has 2 aromatic rings. The van der Waals surface area contributed by atoms with Gasteiger partial charge in [-0.15, -0.1) is 0 Å². The molecule has 1 aliphatic heterocycles. The van der Waals surface area contributed by atoms with Gasteiger partial charge in [0.15, 0.2) is 0 Å². The van der Waals surface area contributed by atoms with Crippen LogP contribution in [-0.4, -0.2) is 4.57 Å². The molecular formula is C13H16N2. The topological polar surface area (TPSA) is 30.9 Å². The Hall–Kier alpha value is -1.44. The summed E-state index contributed by atoms with van der Waals surface area (Å²) in [5.41, 5.74) is 11.2. The summed E-state index contributed by atoms with van der Waals surface area (Å²) in [7, 11) is 0. The SMILES string of the molecule is Cc1c2n(c3cccc(N)c13)CCCC2. The molecule has 3 rings (SSSR count). The molecule has 0 amide bonds. The van der Waals surface area contributed by atoms with E-state index in [-0.39, 0.29) is 0 Å². The standard InChI is InChI=1S/C13H16N2/c1-9-11-6-2-3-8-15(11)12-7-4-5-10(14)13(9)12/h4-5,7H,2-3,6,8,14H2,1H3. The zero-order valence-corrected chi connectivity index (χ0v) is 9.09. The van der Waals surface area contributed by atoms with E-state index >= 15 is 0 Å². The summed E-state index contributed by atoms with van der Waals surface area (Å²) < 4.78 is 2.45. The van der Waals surface area contributed by atoms with Gasteiger partial charge in [-0.2, -0.15) is 0 Å². The van der Waals surface area contributed by atoms with Crippen molar-refractivity contribution in [3.63, 3.8) is 0 Å².